The van der Waals surface area contributed by atoms with Crippen molar-refractivity contribution in [1.82, 2.24) is 14.8 Å². The number of alkyl halides is 3. The molecular formula is C30H22F3N3O4S2. The van der Waals surface area contributed by atoms with Crippen LogP contribution in [0.4, 0.5) is 13.2 Å². The number of hydrogen-bond acceptors (Lipinski definition) is 6. The van der Waals surface area contributed by atoms with Crippen molar-refractivity contribution in [3.63, 3.8) is 0 Å². The van der Waals surface area contributed by atoms with E-state index in [1.54, 1.807) is 24.3 Å². The molecule has 0 amide bonds. The van der Waals surface area contributed by atoms with E-state index in [0.717, 1.165) is 22.5 Å². The number of rotatable bonds is 8. The van der Waals surface area contributed by atoms with Gasteiger partial charge in [-0.15, -0.1) is 15.5 Å². The minimum atomic E-state index is -4.57. The zero-order valence-electron chi connectivity index (χ0n) is 21.7. The molecule has 0 spiro atoms. The fourth-order valence-electron chi connectivity index (χ4n) is 5.09. The average molecular weight is 610 g/mol. The van der Waals surface area contributed by atoms with Crippen molar-refractivity contribution < 1.29 is 31.8 Å². The highest BCUT2D eigenvalue weighted by Crippen LogP contribution is 2.60. The van der Waals surface area contributed by atoms with Gasteiger partial charge in [0.2, 0.25) is 5.13 Å². The van der Waals surface area contributed by atoms with Crippen molar-refractivity contribution in [2.24, 2.45) is 0 Å². The highest BCUT2D eigenvalue weighted by Gasteiger charge is 2.66. The summed E-state index contributed by atoms with van der Waals surface area (Å²) in [5.41, 5.74) is 1.08. The molecule has 1 aliphatic rings. The molecule has 2 aromatic heterocycles. The molecule has 3 aromatic carbocycles. The third kappa shape index (κ3) is 5.06. The predicted molar refractivity (Wildman–Crippen MR) is 152 cm³/mol. The van der Waals surface area contributed by atoms with Crippen molar-refractivity contribution in [3.8, 4) is 27.5 Å². The van der Waals surface area contributed by atoms with Gasteiger partial charge in [-0.2, -0.15) is 18.3 Å². The van der Waals surface area contributed by atoms with E-state index in [-0.39, 0.29) is 40.7 Å². The molecule has 1 aliphatic carbocycles. The van der Waals surface area contributed by atoms with Gasteiger partial charge in [0, 0.05) is 22.9 Å². The Labute approximate surface area is 244 Å². The van der Waals surface area contributed by atoms with Crippen LogP contribution in [-0.4, -0.2) is 36.6 Å². The van der Waals surface area contributed by atoms with Crippen LogP contribution >= 0.6 is 11.3 Å². The van der Waals surface area contributed by atoms with E-state index < -0.39 is 28.6 Å². The first-order valence-electron chi connectivity index (χ1n) is 12.8. The van der Waals surface area contributed by atoms with Gasteiger partial charge in [0.1, 0.15) is 5.41 Å². The average Bonchev–Trinajstić information content (AvgIpc) is 3.50. The highest BCUT2D eigenvalue weighted by molar-refractivity contribution is 7.79. The summed E-state index contributed by atoms with van der Waals surface area (Å²) < 4.78 is 67.9. The molecule has 1 atom stereocenters. The van der Waals surface area contributed by atoms with Gasteiger partial charge in [-0.1, -0.05) is 60.7 Å². The van der Waals surface area contributed by atoms with Crippen LogP contribution in [0.15, 0.2) is 89.1 Å². The van der Waals surface area contributed by atoms with Crippen LogP contribution in [0, 0.1) is 0 Å². The van der Waals surface area contributed by atoms with E-state index in [1.165, 1.54) is 22.2 Å². The van der Waals surface area contributed by atoms with Crippen LogP contribution in [0.25, 0.3) is 27.5 Å². The van der Waals surface area contributed by atoms with E-state index in [2.05, 4.69) is 10.1 Å². The number of halogens is 3. The second-order valence-corrected chi connectivity index (χ2v) is 11.9. The maximum atomic E-state index is 14.6. The molecule has 42 heavy (non-hydrogen) atoms. The second-order valence-electron chi connectivity index (χ2n) is 10.0. The molecule has 1 unspecified atom stereocenters. The molecule has 7 nitrogen and oxygen atoms in total. The summed E-state index contributed by atoms with van der Waals surface area (Å²) >= 11 is -1.84. The van der Waals surface area contributed by atoms with Crippen LogP contribution in [0.1, 0.15) is 40.2 Å². The fraction of sp³-hybridized carbons (Fsp3) is 0.167. The number of thiol groups is 1. The Hall–Kier alpha value is -4.13. The molecule has 0 radical (unpaired) electrons. The lowest BCUT2D eigenvalue weighted by Crippen LogP contribution is -2.30. The van der Waals surface area contributed by atoms with E-state index >= 15 is 0 Å². The van der Waals surface area contributed by atoms with Crippen molar-refractivity contribution in [2.75, 3.05) is 0 Å². The lowest BCUT2D eigenvalue weighted by atomic mass is 9.90. The minimum absolute atomic E-state index is 0.0329. The van der Waals surface area contributed by atoms with Gasteiger partial charge < -0.3 is 9.66 Å². The third-order valence-corrected chi connectivity index (χ3v) is 8.93. The SMILES string of the molecule is O=C(O)c1csc(-n2nc(C3(C(F)(F)F)CC3)c(Cc3ccc([SH+](=O)[O-])cc3)c2-c2cccc(-c3ccccc3)c2)n1. The van der Waals surface area contributed by atoms with Gasteiger partial charge >= 0.3 is 12.1 Å². The van der Waals surface area contributed by atoms with Gasteiger partial charge in [0.15, 0.2) is 10.6 Å². The largest absolute Gasteiger partial charge is 0.612 e. The fourth-order valence-corrected chi connectivity index (χ4v) is 6.24. The second kappa shape index (κ2) is 10.6. The highest BCUT2D eigenvalue weighted by atomic mass is 32.2. The number of thiazole rings is 1. The first kappa shape index (κ1) is 28.0. The van der Waals surface area contributed by atoms with E-state index in [9.17, 15) is 31.8 Å². The smallest absolute Gasteiger partial charge is 0.400 e. The van der Waals surface area contributed by atoms with E-state index in [1.807, 2.05) is 42.5 Å². The standard InChI is InChI=1S/C30H22F3N3O4S2/c31-30(32,33)29(13-14-29)26-23(15-18-9-11-22(12-10-18)42(39)40)25(36(35-26)28-34-24(17-41-28)27(37)38)21-8-4-7-20(16-21)19-5-2-1-3-6-19/h1-12,16-17,42H,13-15H2,(H-,37,38,39,40). The van der Waals surface area contributed by atoms with Gasteiger partial charge in [0.25, 0.3) is 0 Å². The summed E-state index contributed by atoms with van der Waals surface area (Å²) in [5, 5.41) is 15.5. The molecule has 214 valence electrons. The van der Waals surface area contributed by atoms with Crippen LogP contribution in [-0.2, 0) is 27.1 Å². The number of carboxylic acid groups (broad SMARTS) is 1. The van der Waals surface area contributed by atoms with Gasteiger partial charge in [-0.05, 0) is 47.7 Å². The molecule has 6 rings (SSSR count). The lowest BCUT2D eigenvalue weighted by Gasteiger charge is -2.19. The summed E-state index contributed by atoms with van der Waals surface area (Å²) in [4.78, 5) is 15.9. The molecule has 2 heterocycles. The number of aromatic carboxylic acids is 1. The lowest BCUT2D eigenvalue weighted by molar-refractivity contribution is -0.161. The maximum Gasteiger partial charge on any atom is 0.400 e. The number of benzene rings is 3. The number of carbonyl (C=O) groups is 1. The van der Waals surface area contributed by atoms with E-state index in [0.29, 0.717) is 22.4 Å². The number of hydrogen-bond donors (Lipinski definition) is 1. The summed E-state index contributed by atoms with van der Waals surface area (Å²) in [6.45, 7) is 0. The number of nitrogens with zero attached hydrogens (tertiary/aromatic N) is 3. The Morgan fingerprint density at radius 2 is 1.67 bits per heavy atom. The number of aromatic nitrogens is 3. The Bertz CT molecular complexity index is 1810. The van der Waals surface area contributed by atoms with Gasteiger partial charge in [-0.3, -0.25) is 0 Å². The van der Waals surface area contributed by atoms with Crippen molar-refractivity contribution in [3.05, 3.63) is 107 Å². The molecule has 1 saturated carbocycles. The summed E-state index contributed by atoms with van der Waals surface area (Å²) in [7, 11) is 0. The minimum Gasteiger partial charge on any atom is -0.612 e. The monoisotopic (exact) mass is 609 g/mol. The summed E-state index contributed by atoms with van der Waals surface area (Å²) in [6.07, 6.45) is -4.79. The Balaban J connectivity index is 1.61. The maximum absolute atomic E-state index is 14.6. The van der Waals surface area contributed by atoms with E-state index in [4.69, 9.17) is 0 Å². The zero-order valence-corrected chi connectivity index (χ0v) is 23.4. The Morgan fingerprint density at radius 1 is 1.00 bits per heavy atom. The molecule has 0 bridgehead atoms. The van der Waals surface area contributed by atoms with Crippen molar-refractivity contribution in [2.45, 2.75) is 35.7 Å². The zero-order chi connectivity index (χ0) is 29.6. The Kier molecular flexibility index (Phi) is 7.08. The van der Waals surface area contributed by atoms with Gasteiger partial charge in [0.05, 0.1) is 22.5 Å². The summed E-state index contributed by atoms with van der Waals surface area (Å²) in [6, 6.07) is 22.8. The van der Waals surface area contributed by atoms with Crippen LogP contribution in [0.2, 0.25) is 0 Å². The normalized spacial score (nSPS) is 15.0. The quantitative estimate of drug-likeness (QED) is 0.154. The first-order chi connectivity index (χ1) is 20.1. The van der Waals surface area contributed by atoms with Crippen LogP contribution < -0.4 is 0 Å². The molecule has 5 aromatic rings. The van der Waals surface area contributed by atoms with Crippen LogP contribution in [0.5, 0.6) is 0 Å². The predicted octanol–water partition coefficient (Wildman–Crippen LogP) is 6.73. The van der Waals surface area contributed by atoms with Gasteiger partial charge in [-0.25, -0.2) is 14.5 Å². The van der Waals surface area contributed by atoms with Crippen LogP contribution in [0.3, 0.4) is 0 Å². The molecular weight excluding hydrogens is 587 g/mol. The molecule has 1 N–H and O–H groups in total. The topological polar surface area (TPSA) is 108 Å². The third-order valence-electron chi connectivity index (χ3n) is 7.39. The molecule has 12 heteroatoms. The Morgan fingerprint density at radius 3 is 2.26 bits per heavy atom. The number of carboxylic acids is 1. The van der Waals surface area contributed by atoms with Crippen molar-refractivity contribution in [1.29, 1.82) is 0 Å². The molecule has 0 aliphatic heterocycles. The molecule has 1 fully saturated rings. The first-order valence-corrected chi connectivity index (χ1v) is 14.9. The summed E-state index contributed by atoms with van der Waals surface area (Å²) in [5.74, 6) is -1.26. The van der Waals surface area contributed by atoms with Crippen molar-refractivity contribution >= 4 is 28.4 Å². The molecule has 0 saturated heterocycles.